The molecule has 2 aromatic rings. The molecule has 3 N–H and O–H groups in total. The van der Waals surface area contributed by atoms with Crippen molar-refractivity contribution < 1.29 is 74.0 Å². The van der Waals surface area contributed by atoms with E-state index in [1.807, 2.05) is 30.9 Å². The number of fused-ring (bicyclic) bond motifs is 1. The van der Waals surface area contributed by atoms with Crippen LogP contribution in [0.25, 0.3) is 0 Å². The average molecular weight is 684 g/mol. The van der Waals surface area contributed by atoms with Crippen molar-refractivity contribution in [3.63, 3.8) is 0 Å². The number of hydrogen-bond donors (Lipinski definition) is 3. The van der Waals surface area contributed by atoms with Crippen LogP contribution < -0.4 is 0 Å². The smallest absolute Gasteiger partial charge is 0.475 e. The third kappa shape index (κ3) is 14.9. The number of carbonyl (C=O) groups is 3. The Balaban J connectivity index is 0.000000413. The van der Waals surface area contributed by atoms with Gasteiger partial charge in [0.2, 0.25) is 0 Å². The van der Waals surface area contributed by atoms with Crippen molar-refractivity contribution in [3.05, 3.63) is 48.3 Å². The van der Waals surface area contributed by atoms with Crippen LogP contribution in [0.3, 0.4) is 0 Å². The minimum Gasteiger partial charge on any atom is -0.475 e. The van der Waals surface area contributed by atoms with E-state index >= 15 is 0 Å². The predicted octanol–water partition coefficient (Wildman–Crippen LogP) is 3.58. The molecule has 2 unspecified atom stereocenters. The fourth-order valence-corrected chi connectivity index (χ4v) is 4.04. The first-order chi connectivity index (χ1) is 21.1. The summed E-state index contributed by atoms with van der Waals surface area (Å²) in [6.07, 6.45) is -4.94. The molecule has 0 aromatic carbocycles. The minimum absolute atomic E-state index is 0.344. The molecular weight excluding hydrogens is 653 g/mol. The number of morpholine rings is 1. The number of hydrogen-bond acceptors (Lipinski definition) is 8. The maximum Gasteiger partial charge on any atom is 0.490 e. The number of aryl methyl sites for hydroxylation is 1. The number of halogens is 9. The molecule has 2 atom stereocenters. The molecule has 4 rings (SSSR count). The van der Waals surface area contributed by atoms with Crippen molar-refractivity contribution in [2.75, 3.05) is 26.2 Å². The van der Waals surface area contributed by atoms with E-state index in [-0.39, 0.29) is 0 Å². The lowest BCUT2D eigenvalue weighted by Gasteiger charge is -2.40. The van der Waals surface area contributed by atoms with E-state index in [2.05, 4.69) is 37.4 Å². The third-order valence-electron chi connectivity index (χ3n) is 6.20. The minimum atomic E-state index is -5.08. The summed E-state index contributed by atoms with van der Waals surface area (Å²) in [5.74, 6) is -7.13. The lowest BCUT2D eigenvalue weighted by Crippen LogP contribution is -2.50. The molecule has 2 fully saturated rings. The molecule has 2 saturated heterocycles. The number of ether oxygens (including phenoxy) is 1. The van der Waals surface area contributed by atoms with Gasteiger partial charge in [-0.05, 0) is 24.5 Å². The summed E-state index contributed by atoms with van der Waals surface area (Å²) in [5, 5.41) is 21.4. The van der Waals surface area contributed by atoms with Crippen molar-refractivity contribution >= 4 is 17.9 Å². The van der Waals surface area contributed by atoms with Gasteiger partial charge in [-0.15, -0.1) is 0 Å². The maximum absolute atomic E-state index is 10.6. The second-order valence-electron chi connectivity index (χ2n) is 9.52. The normalized spacial score (nSPS) is 19.0. The van der Waals surface area contributed by atoms with E-state index in [9.17, 15) is 39.5 Å². The first-order valence-corrected chi connectivity index (χ1v) is 13.0. The van der Waals surface area contributed by atoms with Crippen LogP contribution in [0.1, 0.15) is 24.2 Å². The second kappa shape index (κ2) is 17.6. The number of aliphatic carboxylic acids is 3. The lowest BCUT2D eigenvalue weighted by molar-refractivity contribution is -0.193. The molecule has 4 heterocycles. The van der Waals surface area contributed by atoms with Crippen molar-refractivity contribution in [3.8, 4) is 0 Å². The number of pyridine rings is 1. The van der Waals surface area contributed by atoms with Gasteiger partial charge in [-0.2, -0.15) is 39.5 Å². The Morgan fingerprint density at radius 2 is 1.37 bits per heavy atom. The Hall–Kier alpha value is -3.98. The van der Waals surface area contributed by atoms with E-state index < -0.39 is 36.4 Å². The standard InChI is InChI=1S/C19H27N5O.3C2HF3O2/c1-22-10-7-21-19(22)15-23-8-4-17-18(5-9-23)25-12-11-24(17)14-16-3-2-6-20-13-16;3*3-2(4,5)1(6)7/h2-3,6-7,10,13,17-18H,4-5,8-9,11-12,14-15H2,1H3;3*(H,6,7). The van der Waals surface area contributed by atoms with Crippen LogP contribution in [0.5, 0.6) is 0 Å². The molecule has 2 aliphatic heterocycles. The monoisotopic (exact) mass is 683 g/mol. The van der Waals surface area contributed by atoms with Gasteiger partial charge in [0.25, 0.3) is 0 Å². The average Bonchev–Trinajstić information content (AvgIpc) is 3.22. The third-order valence-corrected chi connectivity index (χ3v) is 6.20. The summed E-state index contributed by atoms with van der Waals surface area (Å²) >= 11 is 0. The van der Waals surface area contributed by atoms with E-state index in [0.29, 0.717) is 12.1 Å². The Morgan fingerprint density at radius 3 is 1.80 bits per heavy atom. The van der Waals surface area contributed by atoms with Crippen LogP contribution in [-0.2, 0) is 39.3 Å². The molecule has 2 aliphatic rings. The maximum atomic E-state index is 10.6. The summed E-state index contributed by atoms with van der Waals surface area (Å²) in [6.45, 7) is 5.91. The highest BCUT2D eigenvalue weighted by atomic mass is 19.4. The number of alkyl halides is 9. The van der Waals surface area contributed by atoms with Gasteiger partial charge in [-0.25, -0.2) is 19.4 Å². The molecule has 0 aliphatic carbocycles. The van der Waals surface area contributed by atoms with Crippen LogP contribution >= 0.6 is 0 Å². The fourth-order valence-electron chi connectivity index (χ4n) is 4.04. The van der Waals surface area contributed by atoms with Gasteiger partial charge in [0.15, 0.2) is 0 Å². The predicted molar refractivity (Wildman–Crippen MR) is 137 cm³/mol. The molecule has 21 heteroatoms. The van der Waals surface area contributed by atoms with Crippen LogP contribution in [0.15, 0.2) is 36.9 Å². The van der Waals surface area contributed by atoms with E-state index in [1.54, 1.807) is 0 Å². The molecule has 260 valence electrons. The highest BCUT2D eigenvalue weighted by Gasteiger charge is 2.39. The van der Waals surface area contributed by atoms with Gasteiger partial charge >= 0.3 is 36.4 Å². The second-order valence-corrected chi connectivity index (χ2v) is 9.52. The fraction of sp³-hybridized carbons (Fsp3) is 0.560. The number of imidazole rings is 1. The van der Waals surface area contributed by atoms with Crippen LogP contribution in [0.2, 0.25) is 0 Å². The zero-order chi connectivity index (χ0) is 35.3. The van der Waals surface area contributed by atoms with Crippen molar-refractivity contribution in [2.24, 2.45) is 7.05 Å². The first-order valence-electron chi connectivity index (χ1n) is 13.0. The molecule has 2 aromatic heterocycles. The zero-order valence-electron chi connectivity index (χ0n) is 23.9. The number of carboxylic acid groups (broad SMARTS) is 3. The van der Waals surface area contributed by atoms with Crippen molar-refractivity contribution in [1.29, 1.82) is 0 Å². The molecule has 0 saturated carbocycles. The molecule has 0 amide bonds. The molecule has 0 bridgehead atoms. The van der Waals surface area contributed by atoms with Crippen LogP contribution in [0, 0.1) is 0 Å². The highest BCUT2D eigenvalue weighted by molar-refractivity contribution is 5.73. The van der Waals surface area contributed by atoms with Crippen LogP contribution in [0.4, 0.5) is 39.5 Å². The summed E-state index contributed by atoms with van der Waals surface area (Å²) in [6, 6.07) is 4.69. The molecule has 0 radical (unpaired) electrons. The number of rotatable bonds is 4. The van der Waals surface area contributed by atoms with Crippen molar-refractivity contribution in [1.82, 2.24) is 24.3 Å². The summed E-state index contributed by atoms with van der Waals surface area (Å²) in [5.41, 5.74) is 1.29. The van der Waals surface area contributed by atoms with Gasteiger partial charge in [0.1, 0.15) is 5.82 Å². The van der Waals surface area contributed by atoms with Gasteiger partial charge < -0.3 is 24.6 Å². The van der Waals surface area contributed by atoms with Gasteiger partial charge in [0.05, 0.1) is 19.3 Å². The summed E-state index contributed by atoms with van der Waals surface area (Å²) < 4.78 is 103. The van der Waals surface area contributed by atoms with E-state index in [0.717, 1.165) is 58.0 Å². The largest absolute Gasteiger partial charge is 0.490 e. The van der Waals surface area contributed by atoms with Crippen molar-refractivity contribution in [2.45, 2.75) is 56.6 Å². The summed E-state index contributed by atoms with van der Waals surface area (Å²) in [7, 11) is 2.07. The molecule has 0 spiro atoms. The van der Waals surface area contributed by atoms with Gasteiger partial charge in [-0.3, -0.25) is 14.8 Å². The van der Waals surface area contributed by atoms with Gasteiger partial charge in [-0.1, -0.05) is 6.07 Å². The Bertz CT molecular complexity index is 1180. The topological polar surface area (TPSA) is 158 Å². The number of aromatic nitrogens is 3. The van der Waals surface area contributed by atoms with E-state index in [1.165, 1.54) is 5.56 Å². The van der Waals surface area contributed by atoms with E-state index in [4.69, 9.17) is 34.4 Å². The molecular formula is C25H30F9N5O7. The Morgan fingerprint density at radius 1 is 0.848 bits per heavy atom. The number of carboxylic acids is 3. The van der Waals surface area contributed by atoms with Gasteiger partial charge in [0, 0.05) is 64.1 Å². The highest BCUT2D eigenvalue weighted by Crippen LogP contribution is 2.26. The SMILES string of the molecule is Cn1ccnc1CN1CCC2OCCN(Cc3cccnc3)C2CC1.O=C(O)C(F)(F)F.O=C(O)C(F)(F)F.O=C(O)C(F)(F)F. The molecule has 46 heavy (non-hydrogen) atoms. The Labute approximate surface area is 255 Å². The molecule has 12 nitrogen and oxygen atoms in total. The Kier molecular flexibility index (Phi) is 15.4. The van der Waals surface area contributed by atoms with Crippen LogP contribution in [-0.4, -0.2) is 114 Å². The number of nitrogens with zero attached hydrogens (tertiary/aromatic N) is 5. The summed E-state index contributed by atoms with van der Waals surface area (Å²) in [4.78, 5) is 40.5. The zero-order valence-corrected chi connectivity index (χ0v) is 23.9. The lowest BCUT2D eigenvalue weighted by atomic mass is 10.0. The quantitative estimate of drug-likeness (QED) is 0.405. The number of likely N-dealkylation sites (tertiary alicyclic amines) is 1. The first kappa shape index (κ1) is 40.0.